The summed E-state index contributed by atoms with van der Waals surface area (Å²) in [4.78, 5) is 16.2. The predicted molar refractivity (Wildman–Crippen MR) is 82.4 cm³/mol. The molecule has 106 valence electrons. The van der Waals surface area contributed by atoms with E-state index >= 15 is 0 Å². The Kier molecular flexibility index (Phi) is 4.04. The third-order valence-electron chi connectivity index (χ3n) is 3.48. The molecule has 0 spiro atoms. The van der Waals surface area contributed by atoms with Gasteiger partial charge in [-0.05, 0) is 22.9 Å². The predicted octanol–water partition coefficient (Wildman–Crippen LogP) is 2.94. The number of hydrogen-bond donors (Lipinski definition) is 2. The lowest BCUT2D eigenvalue weighted by molar-refractivity contribution is -0.117. The van der Waals surface area contributed by atoms with Gasteiger partial charge in [0.2, 0.25) is 5.91 Å². The van der Waals surface area contributed by atoms with Gasteiger partial charge < -0.3 is 11.1 Å². The van der Waals surface area contributed by atoms with Crippen molar-refractivity contribution in [1.29, 1.82) is 0 Å². The van der Waals surface area contributed by atoms with Crippen LogP contribution in [0.1, 0.15) is 27.2 Å². The van der Waals surface area contributed by atoms with Crippen LogP contribution >= 0.6 is 0 Å². The molecule has 1 unspecified atom stereocenters. The van der Waals surface area contributed by atoms with Gasteiger partial charge in [0.15, 0.2) is 0 Å². The van der Waals surface area contributed by atoms with Crippen molar-refractivity contribution in [3.8, 4) is 0 Å². The van der Waals surface area contributed by atoms with Crippen molar-refractivity contribution in [1.82, 2.24) is 4.98 Å². The van der Waals surface area contributed by atoms with Crippen molar-refractivity contribution >= 4 is 22.4 Å². The Morgan fingerprint density at radius 1 is 1.35 bits per heavy atom. The molecule has 2 rings (SSSR count). The molecule has 0 bridgehead atoms. The van der Waals surface area contributed by atoms with Gasteiger partial charge in [-0.1, -0.05) is 32.9 Å². The van der Waals surface area contributed by atoms with Gasteiger partial charge in [-0.2, -0.15) is 0 Å². The van der Waals surface area contributed by atoms with Crippen molar-refractivity contribution in [3.05, 3.63) is 36.7 Å². The molecule has 4 heteroatoms. The van der Waals surface area contributed by atoms with Crippen LogP contribution in [0.15, 0.2) is 36.7 Å². The van der Waals surface area contributed by atoms with Crippen LogP contribution in [0.5, 0.6) is 0 Å². The molecule has 0 radical (unpaired) electrons. The number of benzene rings is 1. The van der Waals surface area contributed by atoms with E-state index in [1.165, 1.54) is 0 Å². The van der Waals surface area contributed by atoms with Crippen molar-refractivity contribution in [2.75, 3.05) is 5.32 Å². The second-order valence-electron chi connectivity index (χ2n) is 6.13. The molecular formula is C16H21N3O. The first-order valence-corrected chi connectivity index (χ1v) is 6.76. The van der Waals surface area contributed by atoms with E-state index < -0.39 is 0 Å². The Morgan fingerprint density at radius 2 is 2.10 bits per heavy atom. The van der Waals surface area contributed by atoms with Crippen LogP contribution in [-0.4, -0.2) is 16.9 Å². The second kappa shape index (κ2) is 5.59. The van der Waals surface area contributed by atoms with E-state index in [0.717, 1.165) is 16.5 Å². The summed E-state index contributed by atoms with van der Waals surface area (Å²) >= 11 is 0. The maximum absolute atomic E-state index is 12.1. The standard InChI is InChI=1S/C16H21N3O/c1-16(2,3)14(17)9-15(20)19-13-6-4-5-11-7-8-18-10-12(11)13/h4-8,10,14H,9,17H2,1-3H3,(H,19,20). The van der Waals surface area contributed by atoms with Crippen LogP contribution in [-0.2, 0) is 4.79 Å². The molecule has 1 aromatic heterocycles. The van der Waals surface area contributed by atoms with Crippen LogP contribution in [0.25, 0.3) is 10.8 Å². The lowest BCUT2D eigenvalue weighted by atomic mass is 9.85. The first kappa shape index (κ1) is 14.5. The summed E-state index contributed by atoms with van der Waals surface area (Å²) < 4.78 is 0. The monoisotopic (exact) mass is 271 g/mol. The number of carbonyl (C=O) groups excluding carboxylic acids is 1. The SMILES string of the molecule is CC(C)(C)C(N)CC(=O)Nc1cccc2ccncc12. The van der Waals surface area contributed by atoms with E-state index in [9.17, 15) is 4.79 Å². The average Bonchev–Trinajstić information content (AvgIpc) is 2.38. The fourth-order valence-corrected chi connectivity index (χ4v) is 1.93. The quantitative estimate of drug-likeness (QED) is 0.901. The van der Waals surface area contributed by atoms with E-state index in [2.05, 4.69) is 10.3 Å². The van der Waals surface area contributed by atoms with Gasteiger partial charge in [0.25, 0.3) is 0 Å². The fraction of sp³-hybridized carbons (Fsp3) is 0.375. The van der Waals surface area contributed by atoms with Crippen molar-refractivity contribution in [2.45, 2.75) is 33.2 Å². The Morgan fingerprint density at radius 3 is 2.80 bits per heavy atom. The van der Waals surface area contributed by atoms with Gasteiger partial charge in [-0.3, -0.25) is 9.78 Å². The third-order valence-corrected chi connectivity index (χ3v) is 3.48. The lowest BCUT2D eigenvalue weighted by Crippen LogP contribution is -2.38. The van der Waals surface area contributed by atoms with Gasteiger partial charge in [0, 0.05) is 30.2 Å². The Hall–Kier alpha value is -1.94. The lowest BCUT2D eigenvalue weighted by Gasteiger charge is -2.26. The minimum atomic E-state index is -0.171. The van der Waals surface area contributed by atoms with Crippen LogP contribution < -0.4 is 11.1 Å². The first-order chi connectivity index (χ1) is 9.38. The van der Waals surface area contributed by atoms with Crippen LogP contribution in [0.3, 0.4) is 0 Å². The summed E-state index contributed by atoms with van der Waals surface area (Å²) in [5, 5.41) is 4.92. The number of carbonyl (C=O) groups is 1. The summed E-state index contributed by atoms with van der Waals surface area (Å²) in [6, 6.07) is 7.54. The molecule has 1 atom stereocenters. The summed E-state index contributed by atoms with van der Waals surface area (Å²) in [6.07, 6.45) is 3.80. The summed E-state index contributed by atoms with van der Waals surface area (Å²) in [5.74, 6) is -0.0659. The number of nitrogens with one attached hydrogen (secondary N) is 1. The van der Waals surface area contributed by atoms with E-state index in [1.807, 2.05) is 45.0 Å². The van der Waals surface area contributed by atoms with Crippen molar-refractivity contribution in [2.24, 2.45) is 11.1 Å². The number of aromatic nitrogens is 1. The summed E-state index contributed by atoms with van der Waals surface area (Å²) in [6.45, 7) is 6.10. The zero-order chi connectivity index (χ0) is 14.8. The largest absolute Gasteiger partial charge is 0.327 e. The molecule has 0 aliphatic rings. The molecule has 0 saturated heterocycles. The van der Waals surface area contributed by atoms with Gasteiger partial charge in [0.1, 0.15) is 0 Å². The van der Waals surface area contributed by atoms with Crippen molar-refractivity contribution in [3.63, 3.8) is 0 Å². The molecule has 2 aromatic rings. The highest BCUT2D eigenvalue weighted by atomic mass is 16.1. The fourth-order valence-electron chi connectivity index (χ4n) is 1.93. The van der Waals surface area contributed by atoms with E-state index in [4.69, 9.17) is 5.73 Å². The smallest absolute Gasteiger partial charge is 0.225 e. The van der Waals surface area contributed by atoms with Crippen molar-refractivity contribution < 1.29 is 4.79 Å². The molecule has 1 heterocycles. The number of hydrogen-bond acceptors (Lipinski definition) is 3. The van der Waals surface area contributed by atoms with Crippen LogP contribution in [0, 0.1) is 5.41 Å². The third kappa shape index (κ3) is 3.33. The molecule has 0 aliphatic heterocycles. The maximum Gasteiger partial charge on any atom is 0.225 e. The molecule has 4 nitrogen and oxygen atoms in total. The zero-order valence-electron chi connectivity index (χ0n) is 12.2. The van der Waals surface area contributed by atoms with Crippen LogP contribution in [0.4, 0.5) is 5.69 Å². The number of nitrogens with zero attached hydrogens (tertiary/aromatic N) is 1. The zero-order valence-corrected chi connectivity index (χ0v) is 12.2. The van der Waals surface area contributed by atoms with Gasteiger partial charge >= 0.3 is 0 Å². The van der Waals surface area contributed by atoms with Gasteiger partial charge in [-0.25, -0.2) is 0 Å². The highest BCUT2D eigenvalue weighted by Crippen LogP contribution is 2.24. The summed E-state index contributed by atoms with van der Waals surface area (Å²) in [5.41, 5.74) is 6.74. The van der Waals surface area contributed by atoms with Gasteiger partial charge in [-0.15, -0.1) is 0 Å². The number of nitrogens with two attached hydrogens (primary N) is 1. The minimum Gasteiger partial charge on any atom is -0.327 e. The molecule has 3 N–H and O–H groups in total. The van der Waals surface area contributed by atoms with E-state index in [-0.39, 0.29) is 17.4 Å². The molecule has 20 heavy (non-hydrogen) atoms. The molecule has 0 fully saturated rings. The number of anilines is 1. The number of fused-ring (bicyclic) bond motifs is 1. The van der Waals surface area contributed by atoms with E-state index in [0.29, 0.717) is 6.42 Å². The highest BCUT2D eigenvalue weighted by molar-refractivity contribution is 6.01. The molecule has 1 aromatic carbocycles. The molecule has 0 aliphatic carbocycles. The maximum atomic E-state index is 12.1. The molecule has 1 amide bonds. The minimum absolute atomic E-state index is 0.0659. The molecule has 0 saturated carbocycles. The highest BCUT2D eigenvalue weighted by Gasteiger charge is 2.23. The van der Waals surface area contributed by atoms with Crippen LogP contribution in [0.2, 0.25) is 0 Å². The Bertz CT molecular complexity index is 611. The average molecular weight is 271 g/mol. The van der Waals surface area contributed by atoms with Gasteiger partial charge in [0.05, 0.1) is 5.69 Å². The number of rotatable bonds is 3. The Balaban J connectivity index is 2.15. The van der Waals surface area contributed by atoms with E-state index in [1.54, 1.807) is 12.4 Å². The Labute approximate surface area is 119 Å². The summed E-state index contributed by atoms with van der Waals surface area (Å²) in [7, 11) is 0. The second-order valence-corrected chi connectivity index (χ2v) is 6.13. The first-order valence-electron chi connectivity index (χ1n) is 6.76. The normalized spacial score (nSPS) is 13.2. The molecular weight excluding hydrogens is 250 g/mol. The number of amides is 1. The topological polar surface area (TPSA) is 68.0 Å². The number of pyridine rings is 1.